The first-order valence-corrected chi connectivity index (χ1v) is 9.61. The molecular weight excluding hydrogens is 352 g/mol. The van der Waals surface area contributed by atoms with E-state index in [9.17, 15) is 14.4 Å². The smallest absolute Gasteiger partial charge is 0.234 e. The minimum Gasteiger partial charge on any atom is -0.382 e. The van der Waals surface area contributed by atoms with Crippen molar-refractivity contribution in [3.63, 3.8) is 0 Å². The lowest BCUT2D eigenvalue weighted by Crippen LogP contribution is -2.51. The molecule has 158 valence electrons. The van der Waals surface area contributed by atoms with E-state index in [4.69, 9.17) is 9.47 Å². The van der Waals surface area contributed by atoms with Gasteiger partial charge in [0, 0.05) is 59.7 Å². The first kappa shape index (κ1) is 25.3. The Morgan fingerprint density at radius 3 is 2.19 bits per heavy atom. The average Bonchev–Trinajstić information content (AvgIpc) is 2.70. The van der Waals surface area contributed by atoms with Crippen LogP contribution in [0, 0.1) is 0 Å². The van der Waals surface area contributed by atoms with Gasteiger partial charge < -0.3 is 25.0 Å². The predicted molar refractivity (Wildman–Crippen MR) is 103 cm³/mol. The second kappa shape index (κ2) is 16.5. The largest absolute Gasteiger partial charge is 0.382 e. The fraction of sp³-hybridized carbons (Fsp3) is 0.833. The van der Waals surface area contributed by atoms with Gasteiger partial charge in [0.25, 0.3) is 0 Å². The SMILES string of the molecule is CC.CNC(=O)CCC(=O)N1CCN(CC(=O)NCCOCCOC)CC1. The van der Waals surface area contributed by atoms with Crippen LogP contribution in [0.25, 0.3) is 0 Å². The van der Waals surface area contributed by atoms with Crippen LogP contribution in [-0.4, -0.2) is 101 Å². The van der Waals surface area contributed by atoms with Crippen LogP contribution >= 0.6 is 0 Å². The lowest BCUT2D eigenvalue weighted by molar-refractivity contribution is -0.135. The van der Waals surface area contributed by atoms with Gasteiger partial charge in [-0.1, -0.05) is 13.8 Å². The van der Waals surface area contributed by atoms with Crippen molar-refractivity contribution in [1.82, 2.24) is 20.4 Å². The molecule has 0 aromatic rings. The van der Waals surface area contributed by atoms with Crippen molar-refractivity contribution in [3.05, 3.63) is 0 Å². The lowest BCUT2D eigenvalue weighted by Gasteiger charge is -2.34. The Hall–Kier alpha value is -1.71. The van der Waals surface area contributed by atoms with Gasteiger partial charge in [-0.2, -0.15) is 0 Å². The maximum atomic E-state index is 12.0. The number of amides is 3. The molecular formula is C18H36N4O5. The maximum Gasteiger partial charge on any atom is 0.234 e. The highest BCUT2D eigenvalue weighted by Crippen LogP contribution is 2.05. The number of carbonyl (C=O) groups is 3. The predicted octanol–water partition coefficient (Wildman–Crippen LogP) is -0.538. The fourth-order valence-electron chi connectivity index (χ4n) is 2.42. The van der Waals surface area contributed by atoms with E-state index in [-0.39, 0.29) is 30.6 Å². The third kappa shape index (κ3) is 12.3. The molecule has 0 bridgehead atoms. The van der Waals surface area contributed by atoms with Gasteiger partial charge in [0.1, 0.15) is 0 Å². The number of rotatable bonds is 11. The molecule has 0 saturated carbocycles. The van der Waals surface area contributed by atoms with Crippen molar-refractivity contribution in [2.45, 2.75) is 26.7 Å². The number of piperazine rings is 1. The van der Waals surface area contributed by atoms with E-state index in [2.05, 4.69) is 10.6 Å². The number of ether oxygens (including phenoxy) is 2. The molecule has 0 atom stereocenters. The van der Waals surface area contributed by atoms with Crippen LogP contribution in [0.5, 0.6) is 0 Å². The highest BCUT2D eigenvalue weighted by Gasteiger charge is 2.22. The molecule has 9 heteroatoms. The van der Waals surface area contributed by atoms with Gasteiger partial charge in [0.2, 0.25) is 17.7 Å². The second-order valence-electron chi connectivity index (χ2n) is 5.79. The van der Waals surface area contributed by atoms with Gasteiger partial charge in [-0.05, 0) is 0 Å². The van der Waals surface area contributed by atoms with Gasteiger partial charge in [0.15, 0.2) is 0 Å². The van der Waals surface area contributed by atoms with Gasteiger partial charge in [-0.15, -0.1) is 0 Å². The van der Waals surface area contributed by atoms with Crippen LogP contribution in [0.4, 0.5) is 0 Å². The van der Waals surface area contributed by atoms with Crippen molar-refractivity contribution in [2.75, 3.05) is 73.2 Å². The molecule has 1 saturated heterocycles. The Morgan fingerprint density at radius 1 is 0.926 bits per heavy atom. The molecule has 3 amide bonds. The summed E-state index contributed by atoms with van der Waals surface area (Å²) in [6.07, 6.45) is 0.438. The van der Waals surface area contributed by atoms with E-state index >= 15 is 0 Å². The molecule has 0 unspecified atom stereocenters. The summed E-state index contributed by atoms with van der Waals surface area (Å²) in [7, 11) is 3.17. The van der Waals surface area contributed by atoms with Crippen molar-refractivity contribution in [1.29, 1.82) is 0 Å². The third-order valence-corrected chi connectivity index (χ3v) is 3.94. The summed E-state index contributed by atoms with van der Waals surface area (Å²) in [5.41, 5.74) is 0. The second-order valence-corrected chi connectivity index (χ2v) is 5.79. The summed E-state index contributed by atoms with van der Waals surface area (Å²) in [5, 5.41) is 5.31. The minimum atomic E-state index is -0.130. The molecule has 1 aliphatic rings. The molecule has 9 nitrogen and oxygen atoms in total. The normalized spacial score (nSPS) is 14.1. The summed E-state index contributed by atoms with van der Waals surface area (Å²) < 4.78 is 10.1. The first-order valence-electron chi connectivity index (χ1n) is 9.61. The van der Waals surface area contributed by atoms with Gasteiger partial charge in [-0.3, -0.25) is 19.3 Å². The molecule has 27 heavy (non-hydrogen) atoms. The molecule has 1 aliphatic heterocycles. The van der Waals surface area contributed by atoms with E-state index in [1.54, 1.807) is 19.1 Å². The van der Waals surface area contributed by atoms with Crippen LogP contribution in [0.3, 0.4) is 0 Å². The number of nitrogens with one attached hydrogen (secondary N) is 2. The number of nitrogens with zero attached hydrogens (tertiary/aromatic N) is 2. The Labute approximate surface area is 162 Å². The Morgan fingerprint density at radius 2 is 1.59 bits per heavy atom. The molecule has 0 spiro atoms. The van der Waals surface area contributed by atoms with E-state index < -0.39 is 0 Å². The molecule has 1 rings (SSSR count). The minimum absolute atomic E-state index is 0.0130. The lowest BCUT2D eigenvalue weighted by atomic mass is 10.2. The number of carbonyl (C=O) groups excluding carboxylic acids is 3. The van der Waals surface area contributed by atoms with Gasteiger partial charge in [-0.25, -0.2) is 0 Å². The van der Waals surface area contributed by atoms with Gasteiger partial charge >= 0.3 is 0 Å². The zero-order valence-electron chi connectivity index (χ0n) is 17.2. The van der Waals surface area contributed by atoms with Crippen LogP contribution in [0.1, 0.15) is 26.7 Å². The fourth-order valence-corrected chi connectivity index (χ4v) is 2.42. The van der Waals surface area contributed by atoms with Crippen molar-refractivity contribution in [2.24, 2.45) is 0 Å². The van der Waals surface area contributed by atoms with Gasteiger partial charge in [0.05, 0.1) is 26.4 Å². The van der Waals surface area contributed by atoms with Crippen LogP contribution in [0.15, 0.2) is 0 Å². The third-order valence-electron chi connectivity index (χ3n) is 3.94. The molecule has 0 aliphatic carbocycles. The van der Waals surface area contributed by atoms with Crippen LogP contribution in [-0.2, 0) is 23.9 Å². The van der Waals surface area contributed by atoms with Crippen molar-refractivity contribution >= 4 is 17.7 Å². The maximum absolute atomic E-state index is 12.0. The van der Waals surface area contributed by atoms with E-state index in [1.165, 1.54) is 0 Å². The molecule has 0 aromatic carbocycles. The topological polar surface area (TPSA) is 100 Å². The van der Waals surface area contributed by atoms with E-state index in [0.29, 0.717) is 59.1 Å². The highest BCUT2D eigenvalue weighted by atomic mass is 16.5. The molecule has 1 heterocycles. The van der Waals surface area contributed by atoms with Crippen LogP contribution in [0.2, 0.25) is 0 Å². The van der Waals surface area contributed by atoms with Crippen molar-refractivity contribution < 1.29 is 23.9 Å². The molecule has 1 fully saturated rings. The van der Waals surface area contributed by atoms with Crippen molar-refractivity contribution in [3.8, 4) is 0 Å². The zero-order chi connectivity index (χ0) is 20.5. The zero-order valence-corrected chi connectivity index (χ0v) is 17.2. The summed E-state index contributed by atoms with van der Waals surface area (Å²) >= 11 is 0. The standard InChI is InChI=1S/C16H30N4O5.C2H6/c1-17-14(21)3-4-16(23)20-8-6-19(7-9-20)13-15(22)18-5-10-25-12-11-24-2;1-2/h3-13H2,1-2H3,(H,17,21)(H,18,22);1-2H3. The summed E-state index contributed by atoms with van der Waals surface area (Å²) in [5.74, 6) is -0.189. The number of hydrogen-bond acceptors (Lipinski definition) is 6. The Bertz CT molecular complexity index is 426. The summed E-state index contributed by atoms with van der Waals surface area (Å²) in [4.78, 5) is 38.8. The molecule has 2 N–H and O–H groups in total. The van der Waals surface area contributed by atoms with E-state index in [1.807, 2.05) is 18.7 Å². The molecule has 0 aromatic heterocycles. The molecule has 0 radical (unpaired) electrons. The summed E-state index contributed by atoms with van der Waals surface area (Å²) in [6, 6.07) is 0. The Kier molecular flexibility index (Phi) is 15.4. The Balaban J connectivity index is 0.00000326. The van der Waals surface area contributed by atoms with E-state index in [0.717, 1.165) is 0 Å². The average molecular weight is 389 g/mol. The summed E-state index contributed by atoms with van der Waals surface area (Å²) in [6.45, 7) is 8.79. The quantitative estimate of drug-likeness (QED) is 0.461. The monoisotopic (exact) mass is 388 g/mol. The first-order chi connectivity index (χ1) is 13.1. The van der Waals surface area contributed by atoms with Crippen LogP contribution < -0.4 is 10.6 Å². The highest BCUT2D eigenvalue weighted by molar-refractivity contribution is 5.83. The number of methoxy groups -OCH3 is 1. The number of hydrogen-bond donors (Lipinski definition) is 2.